The van der Waals surface area contributed by atoms with Crippen molar-refractivity contribution in [3.05, 3.63) is 93.4 Å². The number of nitrogens with zero attached hydrogens (tertiary/aromatic N) is 1. The van der Waals surface area contributed by atoms with Crippen LogP contribution in [-0.4, -0.2) is 17.0 Å². The second kappa shape index (κ2) is 8.86. The smallest absolute Gasteiger partial charge is 0.360 e. The van der Waals surface area contributed by atoms with Gasteiger partial charge in [0.05, 0.1) is 18.1 Å². The van der Waals surface area contributed by atoms with Crippen LogP contribution in [0.1, 0.15) is 47.8 Å². The average molecular weight is 456 g/mol. The molecule has 4 rings (SSSR count). The molecule has 0 aliphatic carbocycles. The molecule has 2 aromatic carbocycles. The molecule has 33 heavy (non-hydrogen) atoms. The minimum atomic E-state index is -4.53. The van der Waals surface area contributed by atoms with E-state index in [0.29, 0.717) is 34.4 Å². The van der Waals surface area contributed by atoms with Gasteiger partial charge in [-0.3, -0.25) is 9.59 Å². The zero-order valence-electron chi connectivity index (χ0n) is 18.1. The van der Waals surface area contributed by atoms with Gasteiger partial charge in [0, 0.05) is 31.4 Å². The van der Waals surface area contributed by atoms with Gasteiger partial charge in [0.15, 0.2) is 0 Å². The normalized spacial score (nSPS) is 17.6. The standard InChI is InChI=1S/C25H23F3N2O3/c1-3-29-22(31)13-21-18-12-23(32)30(2)14-20(18)17-10-9-16(25(26,27)28)11-19(17)24(33-21)15-7-5-4-6-8-15/h4-12,14,21,24H,3,13H2,1-2H3,(H,29,31)/t21-,24+/m0/s1. The maximum absolute atomic E-state index is 13.6. The molecule has 1 amide bonds. The van der Waals surface area contributed by atoms with Crippen molar-refractivity contribution < 1.29 is 22.7 Å². The largest absolute Gasteiger partial charge is 0.416 e. The third kappa shape index (κ3) is 4.57. The molecule has 8 heteroatoms. The number of fused-ring (bicyclic) bond motifs is 3. The predicted octanol–water partition coefficient (Wildman–Crippen LogP) is 4.76. The summed E-state index contributed by atoms with van der Waals surface area (Å²) in [5.74, 6) is -0.275. The van der Waals surface area contributed by atoms with E-state index in [4.69, 9.17) is 4.74 Å². The van der Waals surface area contributed by atoms with Gasteiger partial charge in [0.2, 0.25) is 5.91 Å². The number of nitrogens with one attached hydrogen (secondary N) is 1. The van der Waals surface area contributed by atoms with Crippen molar-refractivity contribution in [2.45, 2.75) is 31.7 Å². The van der Waals surface area contributed by atoms with Gasteiger partial charge in [0.25, 0.3) is 5.56 Å². The van der Waals surface area contributed by atoms with E-state index in [-0.39, 0.29) is 17.9 Å². The van der Waals surface area contributed by atoms with Gasteiger partial charge in [0.1, 0.15) is 6.10 Å². The average Bonchev–Trinajstić information content (AvgIpc) is 2.89. The lowest BCUT2D eigenvalue weighted by atomic mass is 9.90. The van der Waals surface area contributed by atoms with Crippen molar-refractivity contribution in [1.82, 2.24) is 9.88 Å². The van der Waals surface area contributed by atoms with Gasteiger partial charge >= 0.3 is 6.18 Å². The highest BCUT2D eigenvalue weighted by Crippen LogP contribution is 2.46. The summed E-state index contributed by atoms with van der Waals surface area (Å²) < 4.78 is 48.5. The van der Waals surface area contributed by atoms with Gasteiger partial charge in [-0.05, 0) is 41.3 Å². The molecule has 3 aromatic rings. The summed E-state index contributed by atoms with van der Waals surface area (Å²) in [6.07, 6.45) is -4.71. The van der Waals surface area contributed by atoms with Gasteiger partial charge in [-0.2, -0.15) is 13.2 Å². The second-order valence-electron chi connectivity index (χ2n) is 7.96. The van der Waals surface area contributed by atoms with Crippen LogP contribution in [0.5, 0.6) is 0 Å². The number of carbonyl (C=O) groups excluding carboxylic acids is 1. The quantitative estimate of drug-likeness (QED) is 0.616. The number of amides is 1. The van der Waals surface area contributed by atoms with Crippen LogP contribution in [0.15, 0.2) is 65.6 Å². The highest BCUT2D eigenvalue weighted by molar-refractivity contribution is 5.78. The molecule has 0 saturated carbocycles. The number of halogens is 3. The Hall–Kier alpha value is -3.39. The molecule has 1 N–H and O–H groups in total. The highest BCUT2D eigenvalue weighted by atomic mass is 19.4. The number of carbonyl (C=O) groups is 1. The summed E-state index contributed by atoms with van der Waals surface area (Å²) in [5, 5.41) is 2.72. The fourth-order valence-corrected chi connectivity index (χ4v) is 4.13. The first-order valence-electron chi connectivity index (χ1n) is 10.6. The van der Waals surface area contributed by atoms with Gasteiger partial charge in [-0.25, -0.2) is 0 Å². The molecular weight excluding hydrogens is 433 g/mol. The first-order chi connectivity index (χ1) is 15.7. The third-order valence-electron chi connectivity index (χ3n) is 5.71. The molecule has 0 saturated heterocycles. The van der Waals surface area contributed by atoms with Gasteiger partial charge in [-0.15, -0.1) is 0 Å². The summed E-state index contributed by atoms with van der Waals surface area (Å²) in [5.41, 5.74) is 1.45. The lowest BCUT2D eigenvalue weighted by Crippen LogP contribution is -2.26. The number of aryl methyl sites for hydroxylation is 1. The molecule has 1 aliphatic rings. The van der Waals surface area contributed by atoms with E-state index in [1.165, 1.54) is 16.7 Å². The first-order valence-corrected chi connectivity index (χ1v) is 10.6. The summed E-state index contributed by atoms with van der Waals surface area (Å²) in [7, 11) is 1.57. The summed E-state index contributed by atoms with van der Waals surface area (Å²) in [6, 6.07) is 13.8. The van der Waals surface area contributed by atoms with Crippen LogP contribution < -0.4 is 10.9 Å². The predicted molar refractivity (Wildman–Crippen MR) is 118 cm³/mol. The zero-order chi connectivity index (χ0) is 23.8. The van der Waals surface area contributed by atoms with Gasteiger partial charge in [-0.1, -0.05) is 36.4 Å². The van der Waals surface area contributed by atoms with Crippen LogP contribution >= 0.6 is 0 Å². The van der Waals surface area contributed by atoms with Crippen LogP contribution in [0.3, 0.4) is 0 Å². The van der Waals surface area contributed by atoms with Crippen molar-refractivity contribution in [1.29, 1.82) is 0 Å². The maximum Gasteiger partial charge on any atom is 0.416 e. The molecule has 172 valence electrons. The molecule has 1 aromatic heterocycles. The topological polar surface area (TPSA) is 60.3 Å². The Morgan fingerprint density at radius 3 is 2.45 bits per heavy atom. The monoisotopic (exact) mass is 456 g/mol. The zero-order valence-corrected chi connectivity index (χ0v) is 18.1. The van der Waals surface area contributed by atoms with E-state index in [0.717, 1.165) is 12.1 Å². The molecule has 0 unspecified atom stereocenters. The van der Waals surface area contributed by atoms with E-state index >= 15 is 0 Å². The molecule has 2 heterocycles. The van der Waals surface area contributed by atoms with Crippen molar-refractivity contribution in [3.8, 4) is 11.1 Å². The minimum Gasteiger partial charge on any atom is -0.360 e. The number of pyridine rings is 1. The Morgan fingerprint density at radius 1 is 1.06 bits per heavy atom. The summed E-state index contributed by atoms with van der Waals surface area (Å²) in [6.45, 7) is 2.21. The first kappa shape index (κ1) is 22.8. The Morgan fingerprint density at radius 2 is 1.79 bits per heavy atom. The molecule has 0 spiro atoms. The van der Waals surface area contributed by atoms with Crippen molar-refractivity contribution in [2.75, 3.05) is 6.54 Å². The molecule has 0 bridgehead atoms. The number of aromatic nitrogens is 1. The fraction of sp³-hybridized carbons (Fsp3) is 0.280. The number of hydrogen-bond acceptors (Lipinski definition) is 3. The molecule has 1 aliphatic heterocycles. The number of ether oxygens (including phenoxy) is 1. The summed E-state index contributed by atoms with van der Waals surface area (Å²) >= 11 is 0. The van der Waals surface area contributed by atoms with E-state index in [1.807, 2.05) is 0 Å². The van der Waals surface area contributed by atoms with E-state index in [2.05, 4.69) is 5.32 Å². The van der Waals surface area contributed by atoms with Crippen molar-refractivity contribution >= 4 is 5.91 Å². The van der Waals surface area contributed by atoms with Crippen molar-refractivity contribution in [3.63, 3.8) is 0 Å². The Bertz CT molecular complexity index is 1240. The third-order valence-corrected chi connectivity index (χ3v) is 5.71. The maximum atomic E-state index is 13.6. The number of hydrogen-bond donors (Lipinski definition) is 1. The number of rotatable bonds is 4. The fourth-order valence-electron chi connectivity index (χ4n) is 4.13. The Kier molecular flexibility index (Phi) is 6.12. The molecule has 0 fully saturated rings. The Balaban J connectivity index is 1.98. The van der Waals surface area contributed by atoms with E-state index in [1.54, 1.807) is 50.5 Å². The Labute approximate surface area is 188 Å². The highest BCUT2D eigenvalue weighted by Gasteiger charge is 2.36. The number of benzene rings is 2. The minimum absolute atomic E-state index is 0.0720. The summed E-state index contributed by atoms with van der Waals surface area (Å²) in [4.78, 5) is 24.9. The van der Waals surface area contributed by atoms with Crippen LogP contribution in [-0.2, 0) is 22.8 Å². The van der Waals surface area contributed by atoms with Crippen LogP contribution in [0.25, 0.3) is 11.1 Å². The van der Waals surface area contributed by atoms with E-state index in [9.17, 15) is 22.8 Å². The molecule has 0 radical (unpaired) electrons. The van der Waals surface area contributed by atoms with Crippen molar-refractivity contribution in [2.24, 2.45) is 7.05 Å². The van der Waals surface area contributed by atoms with E-state index < -0.39 is 23.9 Å². The van der Waals surface area contributed by atoms with Crippen LogP contribution in [0, 0.1) is 0 Å². The molecule has 2 atom stereocenters. The SMILES string of the molecule is CCNC(=O)C[C@@H]1O[C@H](c2ccccc2)c2cc(C(F)(F)F)ccc2-c2cn(C)c(=O)cc21. The van der Waals surface area contributed by atoms with Gasteiger partial charge < -0.3 is 14.6 Å². The lowest BCUT2D eigenvalue weighted by molar-refractivity contribution is -0.137. The van der Waals surface area contributed by atoms with Crippen LogP contribution in [0.4, 0.5) is 13.2 Å². The van der Waals surface area contributed by atoms with Crippen LogP contribution in [0.2, 0.25) is 0 Å². The second-order valence-corrected chi connectivity index (χ2v) is 7.96. The molecule has 5 nitrogen and oxygen atoms in total. The lowest BCUT2D eigenvalue weighted by Gasteiger charge is -2.24. The number of alkyl halides is 3. The molecular formula is C25H23F3N2O3.